The number of nitrogens with two attached hydrogens (primary N) is 1. The molecule has 1 rings (SSSR count). The lowest BCUT2D eigenvalue weighted by Crippen LogP contribution is -2.20. The van der Waals surface area contributed by atoms with E-state index in [1.54, 1.807) is 0 Å². The number of rotatable bonds is 1. The van der Waals surface area contributed by atoms with Crippen molar-refractivity contribution in [3.63, 3.8) is 0 Å². The lowest BCUT2D eigenvalue weighted by molar-refractivity contribution is 0.0941. The molecule has 44 valence electrons. The molecule has 1 saturated heterocycles. The van der Waals surface area contributed by atoms with Gasteiger partial charge in [-0.3, -0.25) is 0 Å². The summed E-state index contributed by atoms with van der Waals surface area (Å²) in [5, 5.41) is 0. The lowest BCUT2D eigenvalue weighted by atomic mass is 9.97. The van der Waals surface area contributed by atoms with E-state index in [-0.39, 0.29) is 12.1 Å². The summed E-state index contributed by atoms with van der Waals surface area (Å²) in [6, 6.07) is -0.0523. The fourth-order valence-corrected chi connectivity index (χ4v) is 0.907. The van der Waals surface area contributed by atoms with Crippen molar-refractivity contribution >= 4 is 7.85 Å². The molecule has 0 saturated carbocycles. The molecule has 3 heteroatoms. The van der Waals surface area contributed by atoms with Gasteiger partial charge in [-0.25, -0.2) is 0 Å². The van der Waals surface area contributed by atoms with Gasteiger partial charge in [-0.05, 0) is 12.8 Å². The van der Waals surface area contributed by atoms with Crippen molar-refractivity contribution in [1.82, 2.24) is 0 Å². The van der Waals surface area contributed by atoms with Gasteiger partial charge in [-0.1, -0.05) is 0 Å². The van der Waals surface area contributed by atoms with E-state index >= 15 is 0 Å². The van der Waals surface area contributed by atoms with Crippen molar-refractivity contribution < 1.29 is 4.74 Å². The third-order valence-electron chi connectivity index (χ3n) is 1.40. The van der Waals surface area contributed by atoms with Crippen LogP contribution in [-0.2, 0) is 4.74 Å². The fraction of sp³-hybridized carbons (Fsp3) is 1.00. The van der Waals surface area contributed by atoms with E-state index in [4.69, 9.17) is 18.3 Å². The molecule has 2 radical (unpaired) electrons. The van der Waals surface area contributed by atoms with Gasteiger partial charge >= 0.3 is 0 Å². The molecule has 2 nitrogen and oxygen atoms in total. The molecule has 0 unspecified atom stereocenters. The number of ether oxygens (including phenoxy) is 1. The SMILES string of the molecule is [B][C@H]1CC[C@@H](CN)O1. The van der Waals surface area contributed by atoms with Gasteiger partial charge in [0.1, 0.15) is 7.85 Å². The first-order valence-corrected chi connectivity index (χ1v) is 2.94. The van der Waals surface area contributed by atoms with Crippen LogP contribution in [0.1, 0.15) is 12.8 Å². The molecule has 2 atom stereocenters. The van der Waals surface area contributed by atoms with Crippen molar-refractivity contribution in [2.45, 2.75) is 24.9 Å². The van der Waals surface area contributed by atoms with E-state index in [9.17, 15) is 0 Å². The highest BCUT2D eigenvalue weighted by atomic mass is 16.5. The molecule has 0 aromatic rings. The Balaban J connectivity index is 2.22. The molecule has 0 aliphatic carbocycles. The van der Waals surface area contributed by atoms with E-state index in [0.29, 0.717) is 6.54 Å². The zero-order valence-corrected chi connectivity index (χ0v) is 4.84. The van der Waals surface area contributed by atoms with E-state index in [0.717, 1.165) is 12.8 Å². The van der Waals surface area contributed by atoms with Crippen molar-refractivity contribution in [3.05, 3.63) is 0 Å². The first-order valence-electron chi connectivity index (χ1n) is 2.94. The van der Waals surface area contributed by atoms with E-state index in [2.05, 4.69) is 0 Å². The zero-order valence-electron chi connectivity index (χ0n) is 4.84. The Kier molecular flexibility index (Phi) is 1.92. The van der Waals surface area contributed by atoms with Crippen molar-refractivity contribution in [1.29, 1.82) is 0 Å². The maximum absolute atomic E-state index is 5.42. The molecule has 0 aromatic heterocycles. The Morgan fingerprint density at radius 1 is 1.62 bits per heavy atom. The van der Waals surface area contributed by atoms with Gasteiger partial charge < -0.3 is 10.5 Å². The van der Waals surface area contributed by atoms with Crippen LogP contribution in [0.25, 0.3) is 0 Å². The first-order chi connectivity index (χ1) is 3.83. The van der Waals surface area contributed by atoms with E-state index < -0.39 is 0 Å². The van der Waals surface area contributed by atoms with Gasteiger partial charge in [0.05, 0.1) is 6.10 Å². The summed E-state index contributed by atoms with van der Waals surface area (Å²) in [6.07, 6.45) is 2.21. The van der Waals surface area contributed by atoms with Crippen LogP contribution >= 0.6 is 0 Å². The predicted molar refractivity (Wildman–Crippen MR) is 32.7 cm³/mol. The largest absolute Gasteiger partial charge is 0.383 e. The average molecular weight is 111 g/mol. The summed E-state index contributed by atoms with van der Waals surface area (Å²) >= 11 is 0. The molecule has 0 amide bonds. The summed E-state index contributed by atoms with van der Waals surface area (Å²) in [4.78, 5) is 0. The molecule has 1 aliphatic heterocycles. The Labute approximate surface area is 50.8 Å². The van der Waals surface area contributed by atoms with E-state index in [1.807, 2.05) is 0 Å². The van der Waals surface area contributed by atoms with Crippen LogP contribution < -0.4 is 5.73 Å². The van der Waals surface area contributed by atoms with Crippen LogP contribution in [0.2, 0.25) is 0 Å². The van der Waals surface area contributed by atoms with Crippen molar-refractivity contribution in [3.8, 4) is 0 Å². The summed E-state index contributed by atoms with van der Waals surface area (Å²) in [5.74, 6) is 0. The van der Waals surface area contributed by atoms with Gasteiger partial charge in [0, 0.05) is 12.5 Å². The second kappa shape index (κ2) is 2.51. The van der Waals surface area contributed by atoms with Gasteiger partial charge in [0.15, 0.2) is 0 Å². The highest BCUT2D eigenvalue weighted by molar-refractivity contribution is 6.11. The fourth-order valence-electron chi connectivity index (χ4n) is 0.907. The van der Waals surface area contributed by atoms with Gasteiger partial charge in [-0.15, -0.1) is 0 Å². The Hall–Kier alpha value is -0.0151. The smallest absolute Gasteiger partial charge is 0.109 e. The average Bonchev–Trinajstić information content (AvgIpc) is 2.14. The van der Waals surface area contributed by atoms with Crippen LogP contribution in [0.3, 0.4) is 0 Å². The molecule has 0 aromatic carbocycles. The van der Waals surface area contributed by atoms with Crippen LogP contribution in [0, 0.1) is 0 Å². The second-order valence-corrected chi connectivity index (χ2v) is 2.11. The molecule has 0 spiro atoms. The standard InChI is InChI=1S/C5H10BNO/c6-5-2-1-4(3-7)8-5/h4-5H,1-3,7H2/t4-,5+/m0/s1. The van der Waals surface area contributed by atoms with Crippen LogP contribution in [-0.4, -0.2) is 26.5 Å². The third-order valence-corrected chi connectivity index (χ3v) is 1.40. The number of hydrogen-bond donors (Lipinski definition) is 1. The van der Waals surface area contributed by atoms with Gasteiger partial charge in [0.25, 0.3) is 0 Å². The Bertz CT molecular complexity index is 78.8. The maximum atomic E-state index is 5.42. The Morgan fingerprint density at radius 2 is 2.38 bits per heavy atom. The highest BCUT2D eigenvalue weighted by Crippen LogP contribution is 2.15. The summed E-state index contributed by atoms with van der Waals surface area (Å²) in [6.45, 7) is 0.605. The van der Waals surface area contributed by atoms with Crippen molar-refractivity contribution in [2.24, 2.45) is 5.73 Å². The summed E-state index contributed by atoms with van der Waals surface area (Å²) in [7, 11) is 5.42. The minimum Gasteiger partial charge on any atom is -0.383 e. The molecular weight excluding hydrogens is 101 g/mol. The first kappa shape index (κ1) is 6.11. The molecule has 1 aliphatic rings. The molecule has 1 heterocycles. The monoisotopic (exact) mass is 111 g/mol. The molecule has 2 N–H and O–H groups in total. The van der Waals surface area contributed by atoms with Gasteiger partial charge in [-0.2, -0.15) is 0 Å². The summed E-state index contributed by atoms with van der Waals surface area (Å²) in [5.41, 5.74) is 5.32. The van der Waals surface area contributed by atoms with Crippen LogP contribution in [0.15, 0.2) is 0 Å². The molecule has 0 bridgehead atoms. The predicted octanol–water partition coefficient (Wildman–Crippen LogP) is -0.381. The second-order valence-electron chi connectivity index (χ2n) is 2.11. The summed E-state index contributed by atoms with van der Waals surface area (Å²) < 4.78 is 5.16. The normalized spacial score (nSPS) is 38.1. The van der Waals surface area contributed by atoms with Gasteiger partial charge in [0.2, 0.25) is 0 Å². The molecule has 8 heavy (non-hydrogen) atoms. The van der Waals surface area contributed by atoms with Crippen LogP contribution in [0.5, 0.6) is 0 Å². The van der Waals surface area contributed by atoms with Crippen molar-refractivity contribution in [2.75, 3.05) is 6.54 Å². The zero-order chi connectivity index (χ0) is 5.98. The number of hydrogen-bond acceptors (Lipinski definition) is 2. The Morgan fingerprint density at radius 3 is 2.62 bits per heavy atom. The maximum Gasteiger partial charge on any atom is 0.109 e. The minimum atomic E-state index is -0.0523. The lowest BCUT2D eigenvalue weighted by Gasteiger charge is -2.06. The third kappa shape index (κ3) is 1.23. The minimum absolute atomic E-state index is 0.0523. The quantitative estimate of drug-likeness (QED) is 0.468. The molecule has 1 fully saturated rings. The topological polar surface area (TPSA) is 35.2 Å². The van der Waals surface area contributed by atoms with E-state index in [1.165, 1.54) is 0 Å². The molecular formula is C5H10BNO. The highest BCUT2D eigenvalue weighted by Gasteiger charge is 2.18. The van der Waals surface area contributed by atoms with Crippen LogP contribution in [0.4, 0.5) is 0 Å².